The van der Waals surface area contributed by atoms with Crippen molar-refractivity contribution >= 4 is 6.09 Å². The monoisotopic (exact) mass is 189 g/mol. The number of nitrogens with one attached hydrogen (secondary N) is 1. The Balaban J connectivity index is 4.75. The third-order valence-corrected chi connectivity index (χ3v) is 2.66. The van der Waals surface area contributed by atoms with Crippen molar-refractivity contribution in [2.45, 2.75) is 33.2 Å². The second kappa shape index (κ2) is 4.46. The molecule has 3 N–H and O–H groups in total. The summed E-state index contributed by atoms with van der Waals surface area (Å²) in [4.78, 5) is 10.6. The Morgan fingerprint density at radius 2 is 1.69 bits per heavy atom. The van der Waals surface area contributed by atoms with Crippen LogP contribution in [0.3, 0.4) is 0 Å². The van der Waals surface area contributed by atoms with E-state index in [1.165, 1.54) is 0 Å². The van der Waals surface area contributed by atoms with E-state index in [9.17, 15) is 9.90 Å². The van der Waals surface area contributed by atoms with E-state index in [0.29, 0.717) is 0 Å². The first-order valence-corrected chi connectivity index (χ1v) is 4.48. The molecule has 0 saturated carbocycles. The van der Waals surface area contributed by atoms with Crippen LogP contribution in [0.25, 0.3) is 0 Å². The Bertz CT molecular complexity index is 170. The van der Waals surface area contributed by atoms with Crippen molar-refractivity contribution in [1.82, 2.24) is 5.32 Å². The Morgan fingerprint density at radius 3 is 1.77 bits per heavy atom. The molecule has 0 atom stereocenters. The Morgan fingerprint density at radius 1 is 1.31 bits per heavy atom. The smallest absolute Gasteiger partial charge is 0.405 e. The van der Waals surface area contributed by atoms with Gasteiger partial charge in [0, 0.05) is 0 Å². The van der Waals surface area contributed by atoms with Crippen LogP contribution in [0.2, 0.25) is 0 Å². The van der Waals surface area contributed by atoms with E-state index in [-0.39, 0.29) is 18.4 Å². The largest absolute Gasteiger partial charge is 0.465 e. The summed E-state index contributed by atoms with van der Waals surface area (Å²) in [5.74, 6) is 0.127. The van der Waals surface area contributed by atoms with Gasteiger partial charge < -0.3 is 15.5 Å². The molecular weight excluding hydrogens is 170 g/mol. The Hall–Kier alpha value is -0.770. The van der Waals surface area contributed by atoms with Crippen molar-refractivity contribution in [2.75, 3.05) is 6.61 Å². The van der Waals surface area contributed by atoms with Gasteiger partial charge in [-0.15, -0.1) is 0 Å². The van der Waals surface area contributed by atoms with Crippen molar-refractivity contribution in [3.63, 3.8) is 0 Å². The zero-order valence-electron chi connectivity index (χ0n) is 8.66. The maximum atomic E-state index is 10.6. The van der Waals surface area contributed by atoms with Gasteiger partial charge in [0.2, 0.25) is 0 Å². The zero-order chi connectivity index (χ0) is 10.6. The number of amides is 1. The highest BCUT2D eigenvalue weighted by Crippen LogP contribution is 2.25. The summed E-state index contributed by atoms with van der Waals surface area (Å²) in [6.07, 6.45) is -1.09. The minimum Gasteiger partial charge on any atom is -0.465 e. The molecule has 0 aliphatic carbocycles. The lowest BCUT2D eigenvalue weighted by Gasteiger charge is -2.39. The minimum absolute atomic E-state index is 0.0635. The normalized spacial score (nSPS) is 12.2. The van der Waals surface area contributed by atoms with E-state index in [1.54, 1.807) is 0 Å². The van der Waals surface area contributed by atoms with Gasteiger partial charge >= 0.3 is 6.09 Å². The van der Waals surface area contributed by atoms with Crippen LogP contribution in [0.4, 0.5) is 4.79 Å². The number of aliphatic hydroxyl groups is 1. The van der Waals surface area contributed by atoms with Gasteiger partial charge in [-0.25, -0.2) is 4.79 Å². The Kier molecular flexibility index (Phi) is 4.20. The zero-order valence-corrected chi connectivity index (χ0v) is 8.66. The summed E-state index contributed by atoms with van der Waals surface area (Å²) in [6, 6.07) is 0. The third-order valence-electron chi connectivity index (χ3n) is 2.66. The fourth-order valence-corrected chi connectivity index (χ4v) is 1.56. The van der Waals surface area contributed by atoms with Crippen molar-refractivity contribution < 1.29 is 15.0 Å². The molecule has 0 rings (SSSR count). The van der Waals surface area contributed by atoms with Crippen molar-refractivity contribution in [3.05, 3.63) is 0 Å². The van der Waals surface area contributed by atoms with Gasteiger partial charge in [-0.05, 0) is 11.8 Å². The van der Waals surface area contributed by atoms with Crippen LogP contribution in [0.15, 0.2) is 0 Å². The number of carboxylic acid groups (broad SMARTS) is 1. The van der Waals surface area contributed by atoms with Crippen LogP contribution < -0.4 is 5.32 Å². The first kappa shape index (κ1) is 12.2. The lowest BCUT2D eigenvalue weighted by atomic mass is 9.77. The molecule has 0 fully saturated rings. The summed E-state index contributed by atoms with van der Waals surface area (Å²) in [6.45, 7) is 7.41. The number of carbonyl (C=O) groups is 1. The van der Waals surface area contributed by atoms with Crippen LogP contribution in [0.1, 0.15) is 27.7 Å². The van der Waals surface area contributed by atoms with Crippen molar-refractivity contribution in [1.29, 1.82) is 0 Å². The highest BCUT2D eigenvalue weighted by molar-refractivity contribution is 5.65. The third kappa shape index (κ3) is 2.59. The van der Waals surface area contributed by atoms with Gasteiger partial charge in [0.15, 0.2) is 0 Å². The highest BCUT2D eigenvalue weighted by atomic mass is 16.4. The predicted molar refractivity (Wildman–Crippen MR) is 50.7 cm³/mol. The molecule has 0 radical (unpaired) electrons. The van der Waals surface area contributed by atoms with Gasteiger partial charge in [-0.3, -0.25) is 0 Å². The van der Waals surface area contributed by atoms with Crippen LogP contribution in [-0.4, -0.2) is 28.5 Å². The van der Waals surface area contributed by atoms with Crippen molar-refractivity contribution in [3.8, 4) is 0 Å². The summed E-state index contributed by atoms with van der Waals surface area (Å²) in [7, 11) is 0. The lowest BCUT2D eigenvalue weighted by molar-refractivity contribution is 0.0723. The summed E-state index contributed by atoms with van der Waals surface area (Å²) in [5.41, 5.74) is -0.730. The van der Waals surface area contributed by atoms with E-state index in [1.807, 2.05) is 27.7 Å². The number of hydrogen-bond acceptors (Lipinski definition) is 2. The maximum Gasteiger partial charge on any atom is 0.405 e. The van der Waals surface area contributed by atoms with E-state index < -0.39 is 11.6 Å². The molecular formula is C9H19NO3. The van der Waals surface area contributed by atoms with Crippen LogP contribution >= 0.6 is 0 Å². The Labute approximate surface area is 79.0 Å². The first-order chi connectivity index (χ1) is 5.86. The fourth-order valence-electron chi connectivity index (χ4n) is 1.56. The fraction of sp³-hybridized carbons (Fsp3) is 0.889. The quantitative estimate of drug-likeness (QED) is 0.624. The van der Waals surface area contributed by atoms with Gasteiger partial charge in [-0.2, -0.15) is 0 Å². The topological polar surface area (TPSA) is 69.6 Å². The van der Waals surface area contributed by atoms with Crippen LogP contribution in [0, 0.1) is 11.8 Å². The van der Waals surface area contributed by atoms with E-state index in [2.05, 4.69) is 5.32 Å². The standard InChI is InChI=1S/C9H19NO3/c1-6(2)9(5-11,7(3)4)10-8(12)13/h6-7,10-11H,5H2,1-4H3,(H,12,13). The molecule has 4 heteroatoms. The van der Waals surface area contributed by atoms with E-state index in [4.69, 9.17) is 5.11 Å². The summed E-state index contributed by atoms with van der Waals surface area (Å²) < 4.78 is 0. The van der Waals surface area contributed by atoms with Gasteiger partial charge in [0.05, 0.1) is 12.1 Å². The molecule has 0 saturated heterocycles. The molecule has 4 nitrogen and oxygen atoms in total. The summed E-state index contributed by atoms with van der Waals surface area (Å²) >= 11 is 0. The van der Waals surface area contributed by atoms with Gasteiger partial charge in [-0.1, -0.05) is 27.7 Å². The molecule has 0 aromatic rings. The van der Waals surface area contributed by atoms with Crippen molar-refractivity contribution in [2.24, 2.45) is 11.8 Å². The molecule has 0 aromatic heterocycles. The highest BCUT2D eigenvalue weighted by Gasteiger charge is 2.37. The molecule has 0 aromatic carbocycles. The number of hydrogen-bond donors (Lipinski definition) is 3. The second-order valence-corrected chi connectivity index (χ2v) is 3.94. The predicted octanol–water partition coefficient (Wildman–Crippen LogP) is 1.30. The number of aliphatic hydroxyl groups excluding tert-OH is 1. The molecule has 13 heavy (non-hydrogen) atoms. The van der Waals surface area contributed by atoms with E-state index in [0.717, 1.165) is 0 Å². The molecule has 0 spiro atoms. The average molecular weight is 189 g/mol. The summed E-state index contributed by atoms with van der Waals surface area (Å²) in [5, 5.41) is 20.3. The molecule has 1 amide bonds. The van der Waals surface area contributed by atoms with Gasteiger partial charge in [0.1, 0.15) is 0 Å². The van der Waals surface area contributed by atoms with E-state index >= 15 is 0 Å². The molecule has 0 unspecified atom stereocenters. The molecule has 0 heterocycles. The van der Waals surface area contributed by atoms with Crippen LogP contribution in [-0.2, 0) is 0 Å². The van der Waals surface area contributed by atoms with Gasteiger partial charge in [0.25, 0.3) is 0 Å². The maximum absolute atomic E-state index is 10.6. The molecule has 0 bridgehead atoms. The molecule has 0 aliphatic rings. The second-order valence-electron chi connectivity index (χ2n) is 3.94. The number of rotatable bonds is 4. The average Bonchev–Trinajstić information content (AvgIpc) is 1.98. The SMILES string of the molecule is CC(C)C(CO)(NC(=O)O)C(C)C. The van der Waals surface area contributed by atoms with Crippen LogP contribution in [0.5, 0.6) is 0 Å². The molecule has 78 valence electrons. The lowest BCUT2D eigenvalue weighted by Crippen LogP contribution is -2.58. The minimum atomic E-state index is -1.09. The first-order valence-electron chi connectivity index (χ1n) is 4.48. The molecule has 0 aliphatic heterocycles.